The molecule has 3 heteroatoms. The summed E-state index contributed by atoms with van der Waals surface area (Å²) in [5.41, 5.74) is 1.20. The van der Waals surface area contributed by atoms with Gasteiger partial charge < -0.3 is 10.1 Å². The third kappa shape index (κ3) is 3.49. The van der Waals surface area contributed by atoms with Crippen LogP contribution in [0.25, 0.3) is 0 Å². The van der Waals surface area contributed by atoms with E-state index in [1.165, 1.54) is 24.8 Å². The van der Waals surface area contributed by atoms with Crippen molar-refractivity contribution in [2.75, 3.05) is 18.5 Å². The molecule has 1 aliphatic rings. The van der Waals surface area contributed by atoms with Crippen LogP contribution in [-0.2, 0) is 4.74 Å². The van der Waals surface area contributed by atoms with Crippen LogP contribution in [0.3, 0.4) is 0 Å². The minimum atomic E-state index is 0.451. The Kier molecular flexibility index (Phi) is 4.17. The number of aromatic nitrogens is 1. The van der Waals surface area contributed by atoms with Crippen molar-refractivity contribution in [2.24, 2.45) is 0 Å². The molecule has 1 N–H and O–H groups in total. The first kappa shape index (κ1) is 11.4. The van der Waals surface area contributed by atoms with E-state index in [2.05, 4.69) is 16.4 Å². The summed E-state index contributed by atoms with van der Waals surface area (Å²) < 4.78 is 5.67. The lowest BCUT2D eigenvalue weighted by Gasteiger charge is -2.22. The molecule has 1 atom stereocenters. The monoisotopic (exact) mass is 220 g/mol. The Morgan fingerprint density at radius 2 is 2.38 bits per heavy atom. The van der Waals surface area contributed by atoms with Gasteiger partial charge in [0.05, 0.1) is 6.10 Å². The number of hydrogen-bond acceptors (Lipinski definition) is 3. The van der Waals surface area contributed by atoms with Gasteiger partial charge in [0, 0.05) is 19.3 Å². The van der Waals surface area contributed by atoms with E-state index in [1.54, 1.807) is 0 Å². The molecule has 0 saturated carbocycles. The van der Waals surface area contributed by atoms with Gasteiger partial charge in [0.2, 0.25) is 0 Å². The fraction of sp³-hybridized carbons (Fsp3) is 0.615. The molecular formula is C13H20N2O. The molecule has 1 aliphatic heterocycles. The highest BCUT2D eigenvalue weighted by molar-refractivity contribution is 5.34. The Bertz CT molecular complexity index is 304. The minimum absolute atomic E-state index is 0.451. The molecule has 0 aromatic carbocycles. The van der Waals surface area contributed by atoms with E-state index in [9.17, 15) is 0 Å². The molecule has 3 nitrogen and oxygen atoms in total. The van der Waals surface area contributed by atoms with Crippen LogP contribution in [0, 0.1) is 6.92 Å². The number of nitrogens with zero attached hydrogens (tertiary/aromatic N) is 1. The maximum Gasteiger partial charge on any atom is 0.125 e. The topological polar surface area (TPSA) is 34.1 Å². The molecule has 0 bridgehead atoms. The molecule has 88 valence electrons. The number of aryl methyl sites for hydroxylation is 1. The van der Waals surface area contributed by atoms with Crippen LogP contribution in [0.2, 0.25) is 0 Å². The van der Waals surface area contributed by atoms with Crippen molar-refractivity contribution in [1.82, 2.24) is 4.98 Å². The molecular weight excluding hydrogens is 200 g/mol. The summed E-state index contributed by atoms with van der Waals surface area (Å²) in [7, 11) is 0. The summed E-state index contributed by atoms with van der Waals surface area (Å²) in [4.78, 5) is 4.31. The second-order valence-electron chi connectivity index (χ2n) is 4.42. The summed E-state index contributed by atoms with van der Waals surface area (Å²) in [6, 6.07) is 4.10. The maximum atomic E-state index is 5.67. The largest absolute Gasteiger partial charge is 0.378 e. The summed E-state index contributed by atoms with van der Waals surface area (Å²) in [6.45, 7) is 3.93. The second kappa shape index (κ2) is 5.85. The molecule has 0 radical (unpaired) electrons. The minimum Gasteiger partial charge on any atom is -0.378 e. The fourth-order valence-electron chi connectivity index (χ4n) is 1.97. The Morgan fingerprint density at radius 3 is 3.06 bits per heavy atom. The molecule has 1 unspecified atom stereocenters. The van der Waals surface area contributed by atoms with Crippen molar-refractivity contribution in [3.8, 4) is 0 Å². The molecule has 0 aliphatic carbocycles. The number of nitrogens with one attached hydrogen (secondary N) is 1. The van der Waals surface area contributed by atoms with Crippen molar-refractivity contribution < 1.29 is 4.74 Å². The lowest BCUT2D eigenvalue weighted by Crippen LogP contribution is -2.22. The van der Waals surface area contributed by atoms with Crippen LogP contribution < -0.4 is 5.32 Å². The highest BCUT2D eigenvalue weighted by atomic mass is 16.5. The maximum absolute atomic E-state index is 5.67. The Hall–Kier alpha value is -1.09. The van der Waals surface area contributed by atoms with Gasteiger partial charge in [-0.05, 0) is 44.2 Å². The average molecular weight is 220 g/mol. The molecule has 1 saturated heterocycles. The zero-order valence-corrected chi connectivity index (χ0v) is 9.91. The van der Waals surface area contributed by atoms with Gasteiger partial charge in [-0.3, -0.25) is 0 Å². The second-order valence-corrected chi connectivity index (χ2v) is 4.42. The van der Waals surface area contributed by atoms with Gasteiger partial charge >= 0.3 is 0 Å². The summed E-state index contributed by atoms with van der Waals surface area (Å²) in [5.74, 6) is 0.960. The molecule has 1 fully saturated rings. The van der Waals surface area contributed by atoms with Crippen molar-refractivity contribution in [3.63, 3.8) is 0 Å². The molecule has 16 heavy (non-hydrogen) atoms. The first-order valence-electron chi connectivity index (χ1n) is 6.13. The van der Waals surface area contributed by atoms with E-state index in [4.69, 9.17) is 4.74 Å². The Morgan fingerprint density at radius 1 is 1.44 bits per heavy atom. The molecule has 1 aromatic heterocycles. The number of ether oxygens (including phenoxy) is 1. The summed E-state index contributed by atoms with van der Waals surface area (Å²) in [5, 5.41) is 3.33. The van der Waals surface area contributed by atoms with Crippen LogP contribution in [0.1, 0.15) is 31.2 Å². The zero-order valence-electron chi connectivity index (χ0n) is 9.91. The third-order valence-electron chi connectivity index (χ3n) is 2.96. The highest BCUT2D eigenvalue weighted by Crippen LogP contribution is 2.15. The highest BCUT2D eigenvalue weighted by Gasteiger charge is 2.12. The van der Waals surface area contributed by atoms with E-state index in [-0.39, 0.29) is 0 Å². The number of anilines is 1. The van der Waals surface area contributed by atoms with Crippen molar-refractivity contribution in [1.29, 1.82) is 0 Å². The lowest BCUT2D eigenvalue weighted by atomic mass is 10.1. The standard InChI is InChI=1S/C13H20N2O/c1-11-5-6-13(15-10-11)14-8-7-12-4-2-3-9-16-12/h5-6,10,12H,2-4,7-9H2,1H3,(H,14,15). The normalized spacial score (nSPS) is 20.7. The molecule has 2 heterocycles. The number of pyridine rings is 1. The van der Waals surface area contributed by atoms with E-state index >= 15 is 0 Å². The smallest absolute Gasteiger partial charge is 0.125 e. The molecule has 2 rings (SSSR count). The molecule has 0 spiro atoms. The average Bonchev–Trinajstić information content (AvgIpc) is 2.33. The first-order valence-corrected chi connectivity index (χ1v) is 6.13. The van der Waals surface area contributed by atoms with Crippen LogP contribution in [0.5, 0.6) is 0 Å². The molecule has 0 amide bonds. The molecule has 1 aromatic rings. The van der Waals surface area contributed by atoms with Crippen molar-refractivity contribution in [2.45, 2.75) is 38.7 Å². The Labute approximate surface area is 97.2 Å². The summed E-state index contributed by atoms with van der Waals surface area (Å²) >= 11 is 0. The SMILES string of the molecule is Cc1ccc(NCCC2CCCCO2)nc1. The van der Waals surface area contributed by atoms with E-state index in [1.807, 2.05) is 19.2 Å². The van der Waals surface area contributed by atoms with Crippen LogP contribution in [0.4, 0.5) is 5.82 Å². The fourth-order valence-corrected chi connectivity index (χ4v) is 1.97. The van der Waals surface area contributed by atoms with Crippen LogP contribution in [0.15, 0.2) is 18.3 Å². The van der Waals surface area contributed by atoms with E-state index < -0.39 is 0 Å². The lowest BCUT2D eigenvalue weighted by molar-refractivity contribution is 0.0134. The van der Waals surface area contributed by atoms with Gasteiger partial charge in [-0.2, -0.15) is 0 Å². The van der Waals surface area contributed by atoms with Crippen molar-refractivity contribution >= 4 is 5.82 Å². The van der Waals surface area contributed by atoms with Gasteiger partial charge in [0.25, 0.3) is 0 Å². The van der Waals surface area contributed by atoms with Crippen molar-refractivity contribution in [3.05, 3.63) is 23.9 Å². The Balaban J connectivity index is 1.69. The third-order valence-corrected chi connectivity index (χ3v) is 2.96. The summed E-state index contributed by atoms with van der Waals surface area (Å²) in [6.07, 6.45) is 7.17. The number of rotatable bonds is 4. The first-order chi connectivity index (χ1) is 7.84. The zero-order chi connectivity index (χ0) is 11.2. The van der Waals surface area contributed by atoms with Gasteiger partial charge in [0.15, 0.2) is 0 Å². The predicted molar refractivity (Wildman–Crippen MR) is 65.7 cm³/mol. The van der Waals surface area contributed by atoms with Crippen LogP contribution >= 0.6 is 0 Å². The quantitative estimate of drug-likeness (QED) is 0.847. The van der Waals surface area contributed by atoms with Gasteiger partial charge in [0.1, 0.15) is 5.82 Å². The predicted octanol–water partition coefficient (Wildman–Crippen LogP) is 2.76. The van der Waals surface area contributed by atoms with Crippen LogP contribution in [-0.4, -0.2) is 24.2 Å². The number of hydrogen-bond donors (Lipinski definition) is 1. The van der Waals surface area contributed by atoms with Gasteiger partial charge in [-0.1, -0.05) is 6.07 Å². The van der Waals surface area contributed by atoms with Gasteiger partial charge in [-0.25, -0.2) is 4.98 Å². The van der Waals surface area contributed by atoms with Gasteiger partial charge in [-0.15, -0.1) is 0 Å². The van der Waals surface area contributed by atoms with E-state index in [0.29, 0.717) is 6.10 Å². The van der Waals surface area contributed by atoms with E-state index in [0.717, 1.165) is 25.4 Å².